The summed E-state index contributed by atoms with van der Waals surface area (Å²) in [5, 5.41) is 12.5. The van der Waals surface area contributed by atoms with E-state index in [9.17, 15) is 4.79 Å². The van der Waals surface area contributed by atoms with Crippen molar-refractivity contribution in [2.45, 2.75) is 44.4 Å². The lowest BCUT2D eigenvalue weighted by Gasteiger charge is -2.34. The van der Waals surface area contributed by atoms with E-state index < -0.39 is 0 Å². The van der Waals surface area contributed by atoms with Crippen LogP contribution in [0.25, 0.3) is 0 Å². The quantitative estimate of drug-likeness (QED) is 0.649. The zero-order valence-electron chi connectivity index (χ0n) is 13.0. The van der Waals surface area contributed by atoms with Crippen molar-refractivity contribution in [2.24, 2.45) is 21.8 Å². The third-order valence-electron chi connectivity index (χ3n) is 5.58. The maximum absolute atomic E-state index is 11.9. The van der Waals surface area contributed by atoms with Crippen molar-refractivity contribution in [3.05, 3.63) is 0 Å². The van der Waals surface area contributed by atoms with Gasteiger partial charge in [-0.05, 0) is 30.6 Å². The van der Waals surface area contributed by atoms with E-state index in [0.717, 1.165) is 18.6 Å². The van der Waals surface area contributed by atoms with Crippen LogP contribution in [0.3, 0.4) is 0 Å². The second-order valence-corrected chi connectivity index (χ2v) is 9.01. The number of thioether (sulfide) groups is 1. The Morgan fingerprint density at radius 2 is 2.27 bits per heavy atom. The average Bonchev–Trinajstić information content (AvgIpc) is 3.03. The van der Waals surface area contributed by atoms with Crippen molar-refractivity contribution >= 4 is 39.8 Å². The summed E-state index contributed by atoms with van der Waals surface area (Å²) in [5.74, 6) is 0.844. The molecule has 6 nitrogen and oxygen atoms in total. The van der Waals surface area contributed by atoms with Gasteiger partial charge in [-0.3, -0.25) is 4.79 Å². The van der Waals surface area contributed by atoms with Crippen LogP contribution in [0.5, 0.6) is 0 Å². The highest BCUT2D eigenvalue weighted by atomic mass is 32.2. The number of hydrogen-bond donors (Lipinski definition) is 2. The minimum atomic E-state index is -0.115. The van der Waals surface area contributed by atoms with Crippen LogP contribution >= 0.6 is 23.1 Å². The van der Waals surface area contributed by atoms with E-state index in [2.05, 4.69) is 41.5 Å². The standard InChI is InChI=1S/C14H21N5OS2/c1-13(2)8-4-5-14(13,3)9(6-8)16-17-10(20)7-21-12-19-18-11(15)22-12/h8H,4-7H2,1-3H3,(H2,15,18)(H,17,20)/b16-9+. The molecule has 0 saturated heterocycles. The van der Waals surface area contributed by atoms with Gasteiger partial charge in [-0.25, -0.2) is 5.43 Å². The van der Waals surface area contributed by atoms with Crippen molar-refractivity contribution in [1.29, 1.82) is 0 Å². The van der Waals surface area contributed by atoms with Gasteiger partial charge in [0.15, 0.2) is 4.34 Å². The number of fused-ring (bicyclic) bond motifs is 2. The molecule has 2 bridgehead atoms. The van der Waals surface area contributed by atoms with Crippen LogP contribution in [-0.4, -0.2) is 27.6 Å². The Kier molecular flexibility index (Phi) is 3.92. The number of aromatic nitrogens is 2. The molecule has 3 rings (SSSR count). The summed E-state index contributed by atoms with van der Waals surface area (Å²) in [7, 11) is 0. The van der Waals surface area contributed by atoms with Gasteiger partial charge in [0.1, 0.15) is 0 Å². The van der Waals surface area contributed by atoms with Crippen molar-refractivity contribution in [2.75, 3.05) is 11.5 Å². The highest BCUT2D eigenvalue weighted by molar-refractivity contribution is 8.01. The summed E-state index contributed by atoms with van der Waals surface area (Å²) in [6, 6.07) is 0. The molecule has 0 aromatic carbocycles. The first-order valence-corrected chi connectivity index (χ1v) is 9.21. The minimum Gasteiger partial charge on any atom is -0.374 e. The number of hydrogen-bond acceptors (Lipinski definition) is 7. The molecule has 1 amide bonds. The molecule has 22 heavy (non-hydrogen) atoms. The predicted octanol–water partition coefficient (Wildman–Crippen LogP) is 2.53. The van der Waals surface area contributed by atoms with Crippen LogP contribution in [0.4, 0.5) is 5.13 Å². The molecule has 1 aromatic rings. The molecule has 8 heteroatoms. The first-order chi connectivity index (χ1) is 10.3. The summed E-state index contributed by atoms with van der Waals surface area (Å²) in [6.07, 6.45) is 3.44. The van der Waals surface area contributed by atoms with Gasteiger partial charge in [-0.15, -0.1) is 10.2 Å². The largest absolute Gasteiger partial charge is 0.374 e. The van der Waals surface area contributed by atoms with E-state index in [4.69, 9.17) is 5.73 Å². The van der Waals surface area contributed by atoms with Gasteiger partial charge < -0.3 is 5.73 Å². The smallest absolute Gasteiger partial charge is 0.250 e. The molecule has 2 fully saturated rings. The zero-order valence-corrected chi connectivity index (χ0v) is 14.7. The maximum Gasteiger partial charge on any atom is 0.250 e. The zero-order chi connectivity index (χ0) is 16.0. The van der Waals surface area contributed by atoms with E-state index in [0.29, 0.717) is 15.4 Å². The SMILES string of the molecule is CC12CCC(C/C1=N\NC(=O)CSc1nnc(N)s1)C2(C)C. The van der Waals surface area contributed by atoms with Gasteiger partial charge in [0.05, 0.1) is 5.75 Å². The van der Waals surface area contributed by atoms with E-state index >= 15 is 0 Å². The fraction of sp³-hybridized carbons (Fsp3) is 0.714. The van der Waals surface area contributed by atoms with E-state index in [-0.39, 0.29) is 22.5 Å². The molecule has 0 spiro atoms. The third kappa shape index (κ3) is 2.52. The molecule has 1 aromatic heterocycles. The summed E-state index contributed by atoms with van der Waals surface area (Å²) < 4.78 is 0.702. The summed E-state index contributed by atoms with van der Waals surface area (Å²) in [6.45, 7) is 6.93. The second kappa shape index (κ2) is 5.49. The highest BCUT2D eigenvalue weighted by Crippen LogP contribution is 2.63. The van der Waals surface area contributed by atoms with Crippen molar-refractivity contribution in [3.63, 3.8) is 0 Å². The number of nitrogens with zero attached hydrogens (tertiary/aromatic N) is 3. The monoisotopic (exact) mass is 339 g/mol. The topological polar surface area (TPSA) is 93.3 Å². The molecule has 2 saturated carbocycles. The van der Waals surface area contributed by atoms with Crippen LogP contribution in [0.2, 0.25) is 0 Å². The lowest BCUT2D eigenvalue weighted by atomic mass is 9.70. The van der Waals surface area contributed by atoms with Crippen LogP contribution in [0.15, 0.2) is 9.44 Å². The molecule has 0 radical (unpaired) electrons. The molecule has 2 aliphatic carbocycles. The fourth-order valence-corrected chi connectivity index (χ4v) is 5.09. The highest BCUT2D eigenvalue weighted by Gasteiger charge is 2.59. The van der Waals surface area contributed by atoms with Crippen LogP contribution in [0, 0.1) is 16.7 Å². The summed E-state index contributed by atoms with van der Waals surface area (Å²) in [4.78, 5) is 11.9. The van der Waals surface area contributed by atoms with Crippen LogP contribution in [-0.2, 0) is 4.79 Å². The van der Waals surface area contributed by atoms with Gasteiger partial charge in [0.2, 0.25) is 5.13 Å². The maximum atomic E-state index is 11.9. The van der Waals surface area contributed by atoms with Gasteiger partial charge >= 0.3 is 0 Å². The minimum absolute atomic E-state index is 0.115. The Morgan fingerprint density at radius 3 is 2.82 bits per heavy atom. The predicted molar refractivity (Wildman–Crippen MR) is 89.9 cm³/mol. The van der Waals surface area contributed by atoms with E-state index in [1.807, 2.05) is 0 Å². The number of nitrogen functional groups attached to an aromatic ring is 1. The van der Waals surface area contributed by atoms with Crippen LogP contribution in [0.1, 0.15) is 40.0 Å². The van der Waals surface area contributed by atoms with Crippen LogP contribution < -0.4 is 11.2 Å². The van der Waals surface area contributed by atoms with Gasteiger partial charge in [0.25, 0.3) is 5.91 Å². The fourth-order valence-electron chi connectivity index (χ4n) is 3.67. The number of carbonyl (C=O) groups is 1. The summed E-state index contributed by atoms with van der Waals surface area (Å²) >= 11 is 2.61. The number of amides is 1. The van der Waals surface area contributed by atoms with E-state index in [1.165, 1.54) is 29.5 Å². The number of nitrogens with one attached hydrogen (secondary N) is 1. The molecule has 120 valence electrons. The first kappa shape index (κ1) is 15.7. The Labute approximate surface area is 138 Å². The molecule has 2 atom stereocenters. The lowest BCUT2D eigenvalue weighted by molar-refractivity contribution is -0.118. The Bertz CT molecular complexity index is 627. The van der Waals surface area contributed by atoms with E-state index in [1.54, 1.807) is 0 Å². The molecule has 0 aliphatic heterocycles. The molecule has 1 heterocycles. The molecule has 3 N–H and O–H groups in total. The number of anilines is 1. The number of hydrazone groups is 1. The molecular formula is C14H21N5OS2. The van der Waals surface area contributed by atoms with Crippen molar-refractivity contribution in [3.8, 4) is 0 Å². The van der Waals surface area contributed by atoms with Gasteiger partial charge in [0, 0.05) is 11.1 Å². The molecule has 2 unspecified atom stereocenters. The van der Waals surface area contributed by atoms with Crippen molar-refractivity contribution < 1.29 is 4.79 Å². The number of rotatable bonds is 4. The number of nitrogens with two attached hydrogens (primary N) is 1. The second-order valence-electron chi connectivity index (χ2n) is 6.78. The Morgan fingerprint density at radius 1 is 1.50 bits per heavy atom. The Balaban J connectivity index is 1.57. The third-order valence-corrected chi connectivity index (χ3v) is 7.46. The summed E-state index contributed by atoms with van der Waals surface area (Å²) in [5.41, 5.74) is 9.75. The van der Waals surface area contributed by atoms with Crippen molar-refractivity contribution in [1.82, 2.24) is 15.6 Å². The lowest BCUT2D eigenvalue weighted by Crippen LogP contribution is -2.34. The molecular weight excluding hydrogens is 318 g/mol. The first-order valence-electron chi connectivity index (χ1n) is 7.40. The normalized spacial score (nSPS) is 30.9. The average molecular weight is 339 g/mol. The Hall–Kier alpha value is -1.15. The number of carbonyl (C=O) groups excluding carboxylic acids is 1. The molecule has 2 aliphatic rings. The van der Waals surface area contributed by atoms with Gasteiger partial charge in [-0.1, -0.05) is 43.9 Å². The van der Waals surface area contributed by atoms with Gasteiger partial charge in [-0.2, -0.15) is 5.10 Å².